The maximum Gasteiger partial charge on any atom is 0.248 e. The summed E-state index contributed by atoms with van der Waals surface area (Å²) in [5, 5.41) is 5.55. The van der Waals surface area contributed by atoms with E-state index in [4.69, 9.17) is 0 Å². The van der Waals surface area contributed by atoms with Crippen LogP contribution in [0.3, 0.4) is 0 Å². The molecule has 0 radical (unpaired) electrons. The van der Waals surface area contributed by atoms with Crippen molar-refractivity contribution in [3.63, 3.8) is 0 Å². The summed E-state index contributed by atoms with van der Waals surface area (Å²) in [5.41, 5.74) is 0.851. The molecule has 1 unspecified atom stereocenters. The maximum atomic E-state index is 11.6. The van der Waals surface area contributed by atoms with Crippen molar-refractivity contribution >= 4 is 21.5 Å². The fourth-order valence-electron chi connectivity index (χ4n) is 1.95. The zero-order valence-corrected chi connectivity index (χ0v) is 9.46. The molecule has 0 aromatic heterocycles. The Balaban J connectivity index is 2.13. The molecule has 6 heteroatoms. The van der Waals surface area contributed by atoms with Crippen LogP contribution in [0, 0.1) is 0 Å². The number of amides is 1. The van der Waals surface area contributed by atoms with E-state index in [0.29, 0.717) is 12.8 Å². The SMILES string of the molecule is CCC1=NN(C2CCS(=O)(=O)C2)C(=O)C1. The van der Waals surface area contributed by atoms with E-state index >= 15 is 0 Å². The van der Waals surface area contributed by atoms with Gasteiger partial charge in [-0.05, 0) is 12.8 Å². The first-order chi connectivity index (χ1) is 7.02. The summed E-state index contributed by atoms with van der Waals surface area (Å²) >= 11 is 0. The van der Waals surface area contributed by atoms with Gasteiger partial charge in [0.05, 0.1) is 24.0 Å². The van der Waals surface area contributed by atoms with Crippen LogP contribution in [0.15, 0.2) is 5.10 Å². The third-order valence-corrected chi connectivity index (χ3v) is 4.57. The summed E-state index contributed by atoms with van der Waals surface area (Å²) in [5.74, 6) is 0.187. The minimum absolute atomic E-state index is 0.0612. The first-order valence-electron chi connectivity index (χ1n) is 5.10. The highest BCUT2D eigenvalue weighted by molar-refractivity contribution is 7.91. The standard InChI is InChI=1S/C9H14N2O3S/c1-2-7-5-9(12)11(10-7)8-3-4-15(13,14)6-8/h8H,2-6H2,1H3. The highest BCUT2D eigenvalue weighted by atomic mass is 32.2. The number of hydrogen-bond donors (Lipinski definition) is 0. The molecule has 2 heterocycles. The van der Waals surface area contributed by atoms with Gasteiger partial charge in [0.15, 0.2) is 9.84 Å². The molecule has 0 bridgehead atoms. The largest absolute Gasteiger partial charge is 0.273 e. The maximum absolute atomic E-state index is 11.6. The van der Waals surface area contributed by atoms with Crippen LogP contribution in [0.5, 0.6) is 0 Å². The van der Waals surface area contributed by atoms with Crippen LogP contribution in [0.25, 0.3) is 0 Å². The van der Waals surface area contributed by atoms with Crippen molar-refractivity contribution in [1.29, 1.82) is 0 Å². The van der Waals surface area contributed by atoms with Gasteiger partial charge in [0, 0.05) is 5.71 Å². The van der Waals surface area contributed by atoms with Crippen LogP contribution in [0.4, 0.5) is 0 Å². The van der Waals surface area contributed by atoms with Gasteiger partial charge in [-0.15, -0.1) is 0 Å². The molecule has 0 saturated carbocycles. The number of carbonyl (C=O) groups excluding carboxylic acids is 1. The molecule has 15 heavy (non-hydrogen) atoms. The molecule has 5 nitrogen and oxygen atoms in total. The highest BCUT2D eigenvalue weighted by Gasteiger charge is 2.37. The van der Waals surface area contributed by atoms with Crippen molar-refractivity contribution in [2.75, 3.05) is 11.5 Å². The summed E-state index contributed by atoms with van der Waals surface area (Å²) in [7, 11) is -2.94. The van der Waals surface area contributed by atoms with E-state index in [9.17, 15) is 13.2 Å². The molecule has 2 aliphatic heterocycles. The van der Waals surface area contributed by atoms with Gasteiger partial charge in [-0.3, -0.25) is 4.79 Å². The molecule has 1 fully saturated rings. The van der Waals surface area contributed by atoms with Gasteiger partial charge < -0.3 is 0 Å². The van der Waals surface area contributed by atoms with Crippen molar-refractivity contribution in [1.82, 2.24) is 5.01 Å². The first kappa shape index (κ1) is 10.6. The number of nitrogens with zero attached hydrogens (tertiary/aromatic N) is 2. The topological polar surface area (TPSA) is 66.8 Å². The minimum atomic E-state index is -2.94. The fourth-order valence-corrected chi connectivity index (χ4v) is 3.64. The second-order valence-corrected chi connectivity index (χ2v) is 6.22. The van der Waals surface area contributed by atoms with Crippen molar-refractivity contribution in [2.45, 2.75) is 32.2 Å². The number of sulfone groups is 1. The van der Waals surface area contributed by atoms with Gasteiger partial charge >= 0.3 is 0 Å². The second-order valence-electron chi connectivity index (χ2n) is 3.99. The van der Waals surface area contributed by atoms with E-state index in [2.05, 4.69) is 5.10 Å². The first-order valence-corrected chi connectivity index (χ1v) is 6.93. The molecule has 0 N–H and O–H groups in total. The van der Waals surface area contributed by atoms with Gasteiger partial charge in [-0.2, -0.15) is 5.10 Å². The Morgan fingerprint density at radius 2 is 2.27 bits per heavy atom. The minimum Gasteiger partial charge on any atom is -0.273 e. The molecule has 0 aromatic rings. The van der Waals surface area contributed by atoms with E-state index in [1.165, 1.54) is 5.01 Å². The average molecular weight is 230 g/mol. The normalized spacial score (nSPS) is 29.7. The smallest absolute Gasteiger partial charge is 0.248 e. The Morgan fingerprint density at radius 1 is 1.53 bits per heavy atom. The molecule has 2 aliphatic rings. The van der Waals surface area contributed by atoms with E-state index in [1.807, 2.05) is 6.92 Å². The van der Waals surface area contributed by atoms with E-state index < -0.39 is 9.84 Å². The Labute approximate surface area is 89.1 Å². The number of hydrazone groups is 1. The van der Waals surface area contributed by atoms with E-state index in [-0.39, 0.29) is 23.5 Å². The van der Waals surface area contributed by atoms with Crippen LogP contribution in [-0.4, -0.2) is 42.6 Å². The third-order valence-electron chi connectivity index (χ3n) is 2.82. The van der Waals surface area contributed by atoms with Gasteiger partial charge in [0.1, 0.15) is 0 Å². The molecule has 1 saturated heterocycles. The predicted molar refractivity (Wildman–Crippen MR) is 56.2 cm³/mol. The molecule has 0 spiro atoms. The molecule has 84 valence electrons. The fraction of sp³-hybridized carbons (Fsp3) is 0.778. The quantitative estimate of drug-likeness (QED) is 0.679. The lowest BCUT2D eigenvalue weighted by Gasteiger charge is -2.17. The van der Waals surface area contributed by atoms with Crippen molar-refractivity contribution in [2.24, 2.45) is 5.10 Å². The van der Waals surface area contributed by atoms with Gasteiger partial charge in [0.25, 0.3) is 0 Å². The van der Waals surface area contributed by atoms with Gasteiger partial charge in [0.2, 0.25) is 5.91 Å². The van der Waals surface area contributed by atoms with E-state index in [1.54, 1.807) is 0 Å². The molecular weight excluding hydrogens is 216 g/mol. The van der Waals surface area contributed by atoms with Crippen molar-refractivity contribution in [3.8, 4) is 0 Å². The molecule has 1 amide bonds. The highest BCUT2D eigenvalue weighted by Crippen LogP contribution is 2.22. The van der Waals surface area contributed by atoms with Crippen LogP contribution in [0.2, 0.25) is 0 Å². The summed E-state index contributed by atoms with van der Waals surface area (Å²) in [6.07, 6.45) is 1.63. The Bertz CT molecular complexity index is 413. The lowest BCUT2D eigenvalue weighted by molar-refractivity contribution is -0.130. The Morgan fingerprint density at radius 3 is 2.73 bits per heavy atom. The van der Waals surface area contributed by atoms with Crippen molar-refractivity contribution < 1.29 is 13.2 Å². The second kappa shape index (κ2) is 3.59. The van der Waals surface area contributed by atoms with Crippen LogP contribution < -0.4 is 0 Å². The number of carbonyl (C=O) groups is 1. The molecular formula is C9H14N2O3S. The lowest BCUT2D eigenvalue weighted by atomic mass is 10.2. The summed E-state index contributed by atoms with van der Waals surface area (Å²) in [4.78, 5) is 11.6. The van der Waals surface area contributed by atoms with E-state index in [0.717, 1.165) is 12.1 Å². The zero-order valence-electron chi connectivity index (χ0n) is 8.64. The molecule has 2 rings (SSSR count). The lowest BCUT2D eigenvalue weighted by Crippen LogP contribution is -2.33. The third kappa shape index (κ3) is 2.04. The molecule has 0 aliphatic carbocycles. The van der Waals surface area contributed by atoms with Crippen LogP contribution >= 0.6 is 0 Å². The van der Waals surface area contributed by atoms with Crippen LogP contribution in [-0.2, 0) is 14.6 Å². The number of hydrogen-bond acceptors (Lipinski definition) is 4. The van der Waals surface area contributed by atoms with Gasteiger partial charge in [-0.25, -0.2) is 13.4 Å². The Hall–Kier alpha value is -0.910. The monoisotopic (exact) mass is 230 g/mol. The zero-order chi connectivity index (χ0) is 11.1. The predicted octanol–water partition coefficient (Wildman–Crippen LogP) is 0.172. The van der Waals surface area contributed by atoms with Crippen LogP contribution in [0.1, 0.15) is 26.2 Å². The van der Waals surface area contributed by atoms with Gasteiger partial charge in [-0.1, -0.05) is 6.92 Å². The van der Waals surface area contributed by atoms with Crippen molar-refractivity contribution in [3.05, 3.63) is 0 Å². The molecule has 1 atom stereocenters. The average Bonchev–Trinajstić information content (AvgIpc) is 2.69. The number of rotatable bonds is 2. The summed E-state index contributed by atoms with van der Waals surface area (Å²) < 4.78 is 22.5. The summed E-state index contributed by atoms with van der Waals surface area (Å²) in [6.45, 7) is 1.95. The Kier molecular flexibility index (Phi) is 2.54. The molecule has 0 aromatic carbocycles. The summed E-state index contributed by atoms with van der Waals surface area (Å²) in [6, 6.07) is -0.230.